The normalized spacial score (nSPS) is 13.8. The van der Waals surface area contributed by atoms with Gasteiger partial charge < -0.3 is 5.32 Å². The molecule has 2 aromatic rings. The van der Waals surface area contributed by atoms with Crippen LogP contribution in [0.4, 0.5) is 5.69 Å². The lowest BCUT2D eigenvalue weighted by molar-refractivity contribution is 0.0693. The summed E-state index contributed by atoms with van der Waals surface area (Å²) in [5, 5.41) is 5.82. The molecule has 0 saturated carbocycles. The van der Waals surface area contributed by atoms with Gasteiger partial charge in [-0.1, -0.05) is 11.6 Å². The topological polar surface area (TPSA) is 49.4 Å². The van der Waals surface area contributed by atoms with E-state index in [0.717, 1.165) is 20.5 Å². The third-order valence-electron chi connectivity index (χ3n) is 3.18. The van der Waals surface area contributed by atoms with Crippen LogP contribution < -0.4 is 5.32 Å². The first-order chi connectivity index (χ1) is 9.56. The minimum atomic E-state index is -0.257. The van der Waals surface area contributed by atoms with Crippen LogP contribution in [0.1, 0.15) is 25.6 Å². The Morgan fingerprint density at radius 1 is 1.20 bits per heavy atom. The van der Waals surface area contributed by atoms with Crippen LogP contribution in [-0.4, -0.2) is 23.8 Å². The van der Waals surface area contributed by atoms with Gasteiger partial charge in [0.2, 0.25) is 0 Å². The Balaban J connectivity index is 1.80. The van der Waals surface area contributed by atoms with E-state index in [1.807, 2.05) is 11.4 Å². The van der Waals surface area contributed by atoms with Crippen molar-refractivity contribution in [3.05, 3.63) is 50.7 Å². The summed E-state index contributed by atoms with van der Waals surface area (Å²) in [5.74, 6) is -0.505. The SMILES string of the molecule is CN1C(=O)c2ccc(NCc3cc(Cl)cs3)cc2C1=O. The van der Waals surface area contributed by atoms with Crippen molar-refractivity contribution < 1.29 is 9.59 Å². The molecule has 1 aromatic carbocycles. The number of fused-ring (bicyclic) bond motifs is 1. The molecular formula is C14H11ClN2O2S. The first kappa shape index (κ1) is 13.1. The van der Waals surface area contributed by atoms with Gasteiger partial charge in [0.15, 0.2) is 0 Å². The Bertz CT molecular complexity index is 711. The third-order valence-corrected chi connectivity index (χ3v) is 4.46. The third kappa shape index (κ3) is 2.19. The number of amides is 2. The molecule has 1 aliphatic rings. The molecule has 20 heavy (non-hydrogen) atoms. The zero-order chi connectivity index (χ0) is 14.3. The van der Waals surface area contributed by atoms with Crippen LogP contribution in [0.15, 0.2) is 29.6 Å². The zero-order valence-electron chi connectivity index (χ0n) is 10.6. The first-order valence-corrected chi connectivity index (χ1v) is 7.25. The van der Waals surface area contributed by atoms with Gasteiger partial charge in [0.25, 0.3) is 11.8 Å². The van der Waals surface area contributed by atoms with Gasteiger partial charge >= 0.3 is 0 Å². The Morgan fingerprint density at radius 2 is 1.95 bits per heavy atom. The molecule has 0 atom stereocenters. The summed E-state index contributed by atoms with van der Waals surface area (Å²) < 4.78 is 0. The lowest BCUT2D eigenvalue weighted by Gasteiger charge is -2.05. The fraction of sp³-hybridized carbons (Fsp3) is 0.143. The van der Waals surface area contributed by atoms with Gasteiger partial charge in [0, 0.05) is 29.5 Å². The van der Waals surface area contributed by atoms with E-state index in [2.05, 4.69) is 5.32 Å². The molecule has 0 bridgehead atoms. The largest absolute Gasteiger partial charge is 0.380 e. The molecule has 1 N–H and O–H groups in total. The highest BCUT2D eigenvalue weighted by Gasteiger charge is 2.32. The summed E-state index contributed by atoms with van der Waals surface area (Å²) in [6.07, 6.45) is 0. The number of halogens is 1. The number of thiophene rings is 1. The van der Waals surface area contributed by atoms with Crippen molar-refractivity contribution in [2.24, 2.45) is 0 Å². The maximum Gasteiger partial charge on any atom is 0.261 e. The smallest absolute Gasteiger partial charge is 0.261 e. The second-order valence-corrected chi connectivity index (χ2v) is 5.95. The van der Waals surface area contributed by atoms with Crippen LogP contribution in [0.3, 0.4) is 0 Å². The number of nitrogens with zero attached hydrogens (tertiary/aromatic N) is 1. The van der Waals surface area contributed by atoms with Gasteiger partial charge in [-0.05, 0) is 24.3 Å². The fourth-order valence-corrected chi connectivity index (χ4v) is 3.12. The Morgan fingerprint density at radius 3 is 2.65 bits per heavy atom. The van der Waals surface area contributed by atoms with Crippen LogP contribution in [0.5, 0.6) is 0 Å². The maximum atomic E-state index is 11.9. The number of hydrogen-bond donors (Lipinski definition) is 1. The summed E-state index contributed by atoms with van der Waals surface area (Å²) in [6.45, 7) is 0.633. The fourth-order valence-electron chi connectivity index (χ4n) is 2.11. The van der Waals surface area contributed by atoms with Crippen molar-refractivity contribution in [1.29, 1.82) is 0 Å². The van der Waals surface area contributed by atoms with Crippen LogP contribution in [-0.2, 0) is 6.54 Å². The molecule has 3 rings (SSSR count). The number of benzene rings is 1. The minimum Gasteiger partial charge on any atom is -0.380 e. The highest BCUT2D eigenvalue weighted by atomic mass is 35.5. The predicted molar refractivity (Wildman–Crippen MR) is 79.5 cm³/mol. The van der Waals surface area contributed by atoms with Gasteiger partial charge in [-0.3, -0.25) is 14.5 Å². The molecule has 4 nitrogen and oxygen atoms in total. The summed E-state index contributed by atoms with van der Waals surface area (Å²) >= 11 is 7.44. The summed E-state index contributed by atoms with van der Waals surface area (Å²) in [7, 11) is 1.49. The monoisotopic (exact) mass is 306 g/mol. The summed E-state index contributed by atoms with van der Waals surface area (Å²) in [4.78, 5) is 25.9. The second kappa shape index (κ2) is 4.92. The lowest BCUT2D eigenvalue weighted by Crippen LogP contribution is -2.24. The van der Waals surface area contributed by atoms with Crippen molar-refractivity contribution in [2.75, 3.05) is 12.4 Å². The number of carbonyl (C=O) groups excluding carboxylic acids is 2. The molecule has 0 saturated heterocycles. The van der Waals surface area contributed by atoms with Crippen LogP contribution in [0, 0.1) is 0 Å². The van der Waals surface area contributed by atoms with E-state index in [1.54, 1.807) is 29.5 Å². The van der Waals surface area contributed by atoms with Crippen molar-refractivity contribution in [2.45, 2.75) is 6.54 Å². The Labute approximate surface area is 125 Å². The summed E-state index contributed by atoms with van der Waals surface area (Å²) in [6, 6.07) is 7.10. The average molecular weight is 307 g/mol. The van der Waals surface area contributed by atoms with Gasteiger partial charge in [-0.15, -0.1) is 11.3 Å². The number of hydrogen-bond acceptors (Lipinski definition) is 4. The van der Waals surface area contributed by atoms with Crippen molar-refractivity contribution >= 4 is 40.4 Å². The maximum absolute atomic E-state index is 11.9. The van der Waals surface area contributed by atoms with Crippen molar-refractivity contribution in [1.82, 2.24) is 4.90 Å². The molecular weight excluding hydrogens is 296 g/mol. The minimum absolute atomic E-state index is 0.249. The molecule has 0 radical (unpaired) electrons. The molecule has 1 aromatic heterocycles. The molecule has 0 aliphatic carbocycles. The first-order valence-electron chi connectivity index (χ1n) is 5.99. The highest BCUT2D eigenvalue weighted by molar-refractivity contribution is 7.10. The average Bonchev–Trinajstić information content (AvgIpc) is 2.95. The molecule has 0 fully saturated rings. The van der Waals surface area contributed by atoms with Crippen LogP contribution >= 0.6 is 22.9 Å². The number of carbonyl (C=O) groups is 2. The Kier molecular flexibility index (Phi) is 3.23. The van der Waals surface area contributed by atoms with Gasteiger partial charge in [-0.25, -0.2) is 0 Å². The zero-order valence-corrected chi connectivity index (χ0v) is 12.2. The van der Waals surface area contributed by atoms with Crippen LogP contribution in [0.25, 0.3) is 0 Å². The van der Waals surface area contributed by atoms with Gasteiger partial charge in [0.05, 0.1) is 16.1 Å². The van der Waals surface area contributed by atoms with E-state index < -0.39 is 0 Å². The molecule has 0 unspecified atom stereocenters. The number of rotatable bonds is 3. The van der Waals surface area contributed by atoms with Gasteiger partial charge in [-0.2, -0.15) is 0 Å². The van der Waals surface area contributed by atoms with Crippen molar-refractivity contribution in [3.63, 3.8) is 0 Å². The van der Waals surface area contributed by atoms with Crippen LogP contribution in [0.2, 0.25) is 5.02 Å². The quantitative estimate of drug-likeness (QED) is 0.886. The number of anilines is 1. The van der Waals surface area contributed by atoms with E-state index in [4.69, 9.17) is 11.6 Å². The predicted octanol–water partition coefficient (Wildman–Crippen LogP) is 3.24. The number of nitrogens with one attached hydrogen (secondary N) is 1. The molecule has 1 aliphatic heterocycles. The second-order valence-electron chi connectivity index (χ2n) is 4.51. The van der Waals surface area contributed by atoms with Gasteiger partial charge in [0.1, 0.15) is 0 Å². The Hall–Kier alpha value is -1.85. The van der Waals surface area contributed by atoms with E-state index in [0.29, 0.717) is 17.7 Å². The lowest BCUT2D eigenvalue weighted by atomic mass is 10.1. The highest BCUT2D eigenvalue weighted by Crippen LogP contribution is 2.26. The molecule has 2 amide bonds. The molecule has 0 spiro atoms. The standard InChI is InChI=1S/C14H11ClN2O2S/c1-17-13(18)11-3-2-9(5-12(11)14(17)19)16-6-10-4-8(15)7-20-10/h2-5,7,16H,6H2,1H3. The van der Waals surface area contributed by atoms with E-state index in [1.165, 1.54) is 7.05 Å². The van der Waals surface area contributed by atoms with Crippen molar-refractivity contribution in [3.8, 4) is 0 Å². The molecule has 6 heteroatoms. The van der Waals surface area contributed by atoms with E-state index >= 15 is 0 Å². The number of imide groups is 1. The summed E-state index contributed by atoms with van der Waals surface area (Å²) in [5.41, 5.74) is 1.72. The molecule has 2 heterocycles. The van der Waals surface area contributed by atoms with E-state index in [-0.39, 0.29) is 11.8 Å². The molecule has 102 valence electrons. The van der Waals surface area contributed by atoms with E-state index in [9.17, 15) is 9.59 Å².